The average Bonchev–Trinajstić information content (AvgIpc) is 3.12. The molecule has 2 aliphatic rings. The van der Waals surface area contributed by atoms with Crippen LogP contribution in [0, 0.1) is 12.8 Å². The van der Waals surface area contributed by atoms with Crippen LogP contribution in [0.4, 0.5) is 0 Å². The van der Waals surface area contributed by atoms with Crippen LogP contribution < -0.4 is 0 Å². The summed E-state index contributed by atoms with van der Waals surface area (Å²) in [6.45, 7) is 7.36. The number of aryl methyl sites for hydroxylation is 1. The first kappa shape index (κ1) is 16.4. The van der Waals surface area contributed by atoms with Gasteiger partial charge in [0.25, 0.3) is 0 Å². The van der Waals surface area contributed by atoms with Crippen molar-refractivity contribution in [3.05, 3.63) is 16.1 Å². The first-order valence-corrected chi connectivity index (χ1v) is 9.37. The molecule has 3 rings (SSSR count). The summed E-state index contributed by atoms with van der Waals surface area (Å²) in [7, 11) is 0. The zero-order valence-electron chi connectivity index (χ0n) is 14.1. The van der Waals surface area contributed by atoms with Gasteiger partial charge in [0.15, 0.2) is 0 Å². The van der Waals surface area contributed by atoms with E-state index in [0.29, 0.717) is 13.0 Å². The molecule has 0 unspecified atom stereocenters. The van der Waals surface area contributed by atoms with Gasteiger partial charge >= 0.3 is 0 Å². The van der Waals surface area contributed by atoms with Crippen LogP contribution in [0.3, 0.4) is 0 Å². The standard InChI is InChI=1S/C17H25N3O2S/c1-11(2)20-9-13(8-15(20)21)17(22)19-7-5-4-6-14(19)16-18-12(3)10-23-16/h10-11,13-14H,4-9H2,1-3H3/t13-,14-/m1/s1. The van der Waals surface area contributed by atoms with Crippen LogP contribution in [0.25, 0.3) is 0 Å². The number of rotatable bonds is 3. The van der Waals surface area contributed by atoms with Gasteiger partial charge in [-0.15, -0.1) is 11.3 Å². The molecule has 0 aromatic carbocycles. The van der Waals surface area contributed by atoms with Gasteiger partial charge in [0, 0.05) is 36.6 Å². The van der Waals surface area contributed by atoms with Crippen molar-refractivity contribution in [2.45, 2.75) is 58.5 Å². The normalized spacial score (nSPS) is 25.5. The first-order chi connectivity index (χ1) is 11.0. The molecule has 0 radical (unpaired) electrons. The molecular weight excluding hydrogens is 310 g/mol. The SMILES string of the molecule is Cc1csc([C@H]2CCCCN2C(=O)[C@@H]2CC(=O)N(C(C)C)C2)n1. The summed E-state index contributed by atoms with van der Waals surface area (Å²) in [6.07, 6.45) is 3.51. The van der Waals surface area contributed by atoms with Crippen molar-refractivity contribution in [1.82, 2.24) is 14.8 Å². The Morgan fingerprint density at radius 1 is 1.39 bits per heavy atom. The van der Waals surface area contributed by atoms with E-state index in [2.05, 4.69) is 4.98 Å². The van der Waals surface area contributed by atoms with Crippen molar-refractivity contribution >= 4 is 23.2 Å². The third-order valence-corrected chi connectivity index (χ3v) is 5.90. The number of hydrogen-bond acceptors (Lipinski definition) is 4. The second kappa shape index (κ2) is 6.59. The van der Waals surface area contributed by atoms with Crippen LogP contribution in [-0.2, 0) is 9.59 Å². The number of likely N-dealkylation sites (tertiary alicyclic amines) is 2. The molecule has 0 bridgehead atoms. The number of aromatic nitrogens is 1. The van der Waals surface area contributed by atoms with E-state index in [1.54, 1.807) is 11.3 Å². The lowest BCUT2D eigenvalue weighted by Crippen LogP contribution is -2.43. The molecule has 6 heteroatoms. The zero-order valence-corrected chi connectivity index (χ0v) is 14.9. The maximum absolute atomic E-state index is 13.0. The minimum absolute atomic E-state index is 0.0955. The Bertz CT molecular complexity index is 598. The van der Waals surface area contributed by atoms with E-state index in [1.807, 2.05) is 36.0 Å². The maximum Gasteiger partial charge on any atom is 0.228 e. The van der Waals surface area contributed by atoms with Gasteiger partial charge in [-0.25, -0.2) is 4.98 Å². The molecule has 2 fully saturated rings. The largest absolute Gasteiger partial charge is 0.339 e. The van der Waals surface area contributed by atoms with E-state index in [-0.39, 0.29) is 29.8 Å². The molecule has 2 saturated heterocycles. The van der Waals surface area contributed by atoms with E-state index < -0.39 is 0 Å². The quantitative estimate of drug-likeness (QED) is 0.853. The molecule has 2 amide bonds. The Labute approximate surface area is 141 Å². The molecule has 2 atom stereocenters. The highest BCUT2D eigenvalue weighted by atomic mass is 32.1. The van der Waals surface area contributed by atoms with E-state index in [9.17, 15) is 9.59 Å². The number of carbonyl (C=O) groups excluding carboxylic acids is 2. The summed E-state index contributed by atoms with van der Waals surface area (Å²) in [5.74, 6) is 0.0580. The molecule has 0 N–H and O–H groups in total. The number of thiazole rings is 1. The summed E-state index contributed by atoms with van der Waals surface area (Å²) in [4.78, 5) is 33.6. The van der Waals surface area contributed by atoms with Crippen LogP contribution in [0.5, 0.6) is 0 Å². The monoisotopic (exact) mass is 335 g/mol. The van der Waals surface area contributed by atoms with Crippen LogP contribution in [0.1, 0.15) is 56.3 Å². The minimum atomic E-state index is -0.188. The van der Waals surface area contributed by atoms with E-state index in [4.69, 9.17) is 0 Å². The van der Waals surface area contributed by atoms with Gasteiger partial charge in [-0.05, 0) is 40.0 Å². The Morgan fingerprint density at radius 2 is 2.17 bits per heavy atom. The summed E-state index contributed by atoms with van der Waals surface area (Å²) >= 11 is 1.64. The maximum atomic E-state index is 13.0. The van der Waals surface area contributed by atoms with Gasteiger partial charge in [-0.1, -0.05) is 0 Å². The van der Waals surface area contributed by atoms with Gasteiger partial charge in [0.05, 0.1) is 12.0 Å². The average molecular weight is 335 g/mol. The fourth-order valence-corrected chi connectivity index (χ4v) is 4.55. The van der Waals surface area contributed by atoms with Gasteiger partial charge in [0.2, 0.25) is 11.8 Å². The molecule has 5 nitrogen and oxygen atoms in total. The molecule has 2 aliphatic heterocycles. The van der Waals surface area contributed by atoms with Crippen LogP contribution in [-0.4, -0.2) is 45.7 Å². The van der Waals surface area contributed by atoms with Crippen LogP contribution >= 0.6 is 11.3 Å². The third-order valence-electron chi connectivity index (χ3n) is 4.84. The Hall–Kier alpha value is -1.43. The van der Waals surface area contributed by atoms with Crippen molar-refractivity contribution in [3.63, 3.8) is 0 Å². The molecule has 0 saturated carbocycles. The van der Waals surface area contributed by atoms with Gasteiger partial charge < -0.3 is 9.80 Å². The highest BCUT2D eigenvalue weighted by Gasteiger charge is 2.40. The Morgan fingerprint density at radius 3 is 2.78 bits per heavy atom. The van der Waals surface area contributed by atoms with E-state index in [1.165, 1.54) is 0 Å². The summed E-state index contributed by atoms with van der Waals surface area (Å²) in [5.41, 5.74) is 1.02. The van der Waals surface area contributed by atoms with E-state index in [0.717, 1.165) is 36.5 Å². The third kappa shape index (κ3) is 3.27. The predicted octanol–water partition coefficient (Wildman–Crippen LogP) is 2.76. The molecular formula is C17H25N3O2S. The molecule has 126 valence electrons. The first-order valence-electron chi connectivity index (χ1n) is 8.49. The van der Waals surface area contributed by atoms with Crippen molar-refractivity contribution in [1.29, 1.82) is 0 Å². The lowest BCUT2D eigenvalue weighted by atomic mass is 9.99. The molecule has 1 aromatic heterocycles. The smallest absolute Gasteiger partial charge is 0.228 e. The van der Waals surface area contributed by atoms with Gasteiger partial charge in [-0.2, -0.15) is 0 Å². The lowest BCUT2D eigenvalue weighted by Gasteiger charge is -2.36. The lowest BCUT2D eigenvalue weighted by molar-refractivity contribution is -0.139. The highest BCUT2D eigenvalue weighted by molar-refractivity contribution is 7.09. The Kier molecular flexibility index (Phi) is 4.71. The fraction of sp³-hybridized carbons (Fsp3) is 0.706. The van der Waals surface area contributed by atoms with Crippen LogP contribution in [0.2, 0.25) is 0 Å². The summed E-state index contributed by atoms with van der Waals surface area (Å²) in [5, 5.41) is 3.09. The van der Waals surface area contributed by atoms with Gasteiger partial charge in [-0.3, -0.25) is 9.59 Å². The topological polar surface area (TPSA) is 53.5 Å². The molecule has 0 spiro atoms. The second-order valence-electron chi connectivity index (χ2n) is 6.91. The second-order valence-corrected chi connectivity index (χ2v) is 7.80. The van der Waals surface area contributed by atoms with E-state index >= 15 is 0 Å². The van der Waals surface area contributed by atoms with Crippen LogP contribution in [0.15, 0.2) is 5.38 Å². The zero-order chi connectivity index (χ0) is 16.6. The molecule has 0 aliphatic carbocycles. The summed E-state index contributed by atoms with van der Waals surface area (Å²) in [6, 6.07) is 0.261. The number of carbonyl (C=O) groups is 2. The highest BCUT2D eigenvalue weighted by Crippen LogP contribution is 2.35. The molecule has 1 aromatic rings. The van der Waals surface area contributed by atoms with Gasteiger partial charge in [0.1, 0.15) is 5.01 Å². The van der Waals surface area contributed by atoms with Crippen molar-refractivity contribution in [3.8, 4) is 0 Å². The number of amides is 2. The van der Waals surface area contributed by atoms with Crippen molar-refractivity contribution in [2.75, 3.05) is 13.1 Å². The predicted molar refractivity (Wildman–Crippen MR) is 90.1 cm³/mol. The minimum Gasteiger partial charge on any atom is -0.339 e. The molecule has 23 heavy (non-hydrogen) atoms. The number of hydrogen-bond donors (Lipinski definition) is 0. The fourth-order valence-electron chi connectivity index (χ4n) is 3.61. The van der Waals surface area contributed by atoms with Crippen molar-refractivity contribution in [2.24, 2.45) is 5.92 Å². The molecule has 3 heterocycles. The Balaban J connectivity index is 1.76. The number of nitrogens with zero attached hydrogens (tertiary/aromatic N) is 3. The summed E-state index contributed by atoms with van der Waals surface area (Å²) < 4.78 is 0. The number of piperidine rings is 1. The van der Waals surface area contributed by atoms with Crippen molar-refractivity contribution < 1.29 is 9.59 Å².